The van der Waals surface area contributed by atoms with E-state index in [0.29, 0.717) is 35.9 Å². The van der Waals surface area contributed by atoms with Crippen molar-refractivity contribution in [1.82, 2.24) is 14.8 Å². The molecule has 2 aromatic heterocycles. The summed E-state index contributed by atoms with van der Waals surface area (Å²) in [6, 6.07) is 13.5. The number of fused-ring (bicyclic) bond motifs is 1. The molecule has 0 unspecified atom stereocenters. The minimum Gasteiger partial charge on any atom is -0.508 e. The maximum atomic E-state index is 14.7. The number of phenols is 1. The molecule has 43 heavy (non-hydrogen) atoms. The number of ether oxygens (including phenoxy) is 1. The van der Waals surface area contributed by atoms with Crippen molar-refractivity contribution in [1.29, 1.82) is 0 Å². The van der Waals surface area contributed by atoms with Gasteiger partial charge in [-0.1, -0.05) is 23.7 Å². The van der Waals surface area contributed by atoms with Gasteiger partial charge in [-0.2, -0.15) is 0 Å². The minimum atomic E-state index is -0.596. The lowest BCUT2D eigenvalue weighted by Crippen LogP contribution is -2.47. The predicted molar refractivity (Wildman–Crippen MR) is 168 cm³/mol. The van der Waals surface area contributed by atoms with E-state index >= 15 is 0 Å². The second-order valence-corrected chi connectivity index (χ2v) is 13.4. The van der Waals surface area contributed by atoms with Crippen LogP contribution >= 0.6 is 22.9 Å². The lowest BCUT2D eigenvalue weighted by atomic mass is 9.89. The van der Waals surface area contributed by atoms with Gasteiger partial charge >= 0.3 is 6.09 Å². The summed E-state index contributed by atoms with van der Waals surface area (Å²) in [7, 11) is 1.75. The van der Waals surface area contributed by atoms with Crippen molar-refractivity contribution < 1.29 is 23.8 Å². The number of nitrogens with zero attached hydrogens (tertiary/aromatic N) is 3. The summed E-state index contributed by atoms with van der Waals surface area (Å²) >= 11 is 7.81. The fourth-order valence-electron chi connectivity index (χ4n) is 5.57. The molecule has 0 bridgehead atoms. The quantitative estimate of drug-likeness (QED) is 0.234. The molecular formula is C33H35ClFN3O4S. The number of pyridine rings is 1. The molecule has 10 heteroatoms. The Kier molecular flexibility index (Phi) is 8.94. The Bertz CT molecular complexity index is 1630. The van der Waals surface area contributed by atoms with Crippen LogP contribution in [-0.2, 0) is 11.3 Å². The first-order valence-corrected chi connectivity index (χ1v) is 15.5. The number of thiophene rings is 1. The smallest absolute Gasteiger partial charge is 0.410 e. The largest absolute Gasteiger partial charge is 0.508 e. The number of hydrogen-bond acceptors (Lipinski definition) is 6. The average Bonchev–Trinajstić information content (AvgIpc) is 3.33. The topological polar surface area (TPSA) is 83.0 Å². The molecule has 1 fully saturated rings. The monoisotopic (exact) mass is 623 g/mol. The van der Waals surface area contributed by atoms with E-state index in [1.54, 1.807) is 47.4 Å². The van der Waals surface area contributed by atoms with Crippen LogP contribution in [-0.4, -0.2) is 56.6 Å². The summed E-state index contributed by atoms with van der Waals surface area (Å²) in [5.41, 5.74) is 1.80. The molecule has 0 atom stereocenters. The fraction of sp³-hybridized carbons (Fsp3) is 0.364. The van der Waals surface area contributed by atoms with E-state index in [1.165, 1.54) is 17.4 Å². The Morgan fingerprint density at radius 2 is 1.72 bits per heavy atom. The Labute approximate surface area is 259 Å². The lowest BCUT2D eigenvalue weighted by molar-refractivity contribution is 0.0144. The molecule has 1 aliphatic rings. The zero-order valence-corrected chi connectivity index (χ0v) is 26.2. The summed E-state index contributed by atoms with van der Waals surface area (Å²) in [5.74, 6) is -0.719. The van der Waals surface area contributed by atoms with Gasteiger partial charge in [0, 0.05) is 53.7 Å². The Balaban J connectivity index is 1.45. The second-order valence-electron chi connectivity index (χ2n) is 11.9. The van der Waals surface area contributed by atoms with Crippen LogP contribution in [0.4, 0.5) is 9.18 Å². The molecule has 1 N–H and O–H groups in total. The Morgan fingerprint density at radius 3 is 2.37 bits per heavy atom. The molecule has 0 aliphatic heterocycles. The van der Waals surface area contributed by atoms with Crippen LogP contribution < -0.4 is 0 Å². The highest BCUT2D eigenvalue weighted by molar-refractivity contribution is 7.21. The SMILES string of the molecule is CN(C(=O)OC(C)(C)C)C1CCC(N(Cc2cc(-c3ccncc3)ccc2O)C(=O)c2sc3cccc(F)c3c2Cl)CC1. The molecule has 2 aromatic carbocycles. The molecule has 2 heterocycles. The zero-order valence-electron chi connectivity index (χ0n) is 24.6. The fourth-order valence-corrected chi connectivity index (χ4v) is 7.07. The summed E-state index contributed by atoms with van der Waals surface area (Å²) in [4.78, 5) is 34.7. The normalized spacial score (nSPS) is 17.1. The van der Waals surface area contributed by atoms with Crippen LogP contribution in [0.2, 0.25) is 5.02 Å². The van der Waals surface area contributed by atoms with Crippen molar-refractivity contribution in [3.8, 4) is 16.9 Å². The van der Waals surface area contributed by atoms with E-state index in [1.807, 2.05) is 45.0 Å². The lowest BCUT2D eigenvalue weighted by Gasteiger charge is -2.40. The molecule has 0 radical (unpaired) electrons. The summed E-state index contributed by atoms with van der Waals surface area (Å²) in [6.45, 7) is 5.64. The molecule has 0 saturated heterocycles. The average molecular weight is 624 g/mol. The number of carbonyl (C=O) groups is 2. The van der Waals surface area contributed by atoms with Crippen molar-refractivity contribution in [3.05, 3.63) is 82.2 Å². The second kappa shape index (κ2) is 12.5. The maximum Gasteiger partial charge on any atom is 0.410 e. The number of phenolic OH excluding ortho intramolecular Hbond substituents is 1. The number of aromatic nitrogens is 1. The van der Waals surface area contributed by atoms with Crippen LogP contribution in [0.5, 0.6) is 5.75 Å². The third-order valence-electron chi connectivity index (χ3n) is 7.83. The first-order chi connectivity index (χ1) is 20.4. The number of hydrogen-bond donors (Lipinski definition) is 1. The number of carbonyl (C=O) groups excluding carboxylic acids is 2. The molecule has 1 aliphatic carbocycles. The van der Waals surface area contributed by atoms with Gasteiger partial charge in [0.1, 0.15) is 22.0 Å². The van der Waals surface area contributed by atoms with E-state index in [9.17, 15) is 19.1 Å². The third-order valence-corrected chi connectivity index (χ3v) is 9.46. The first kappa shape index (κ1) is 30.8. The molecule has 2 amide bonds. The number of benzene rings is 2. The van der Waals surface area contributed by atoms with Gasteiger partial charge < -0.3 is 19.6 Å². The highest BCUT2D eigenvalue weighted by atomic mass is 35.5. The molecule has 4 aromatic rings. The van der Waals surface area contributed by atoms with Crippen LogP contribution in [0.1, 0.15) is 61.7 Å². The summed E-state index contributed by atoms with van der Waals surface area (Å²) < 4.78 is 20.8. The van der Waals surface area contributed by atoms with Gasteiger partial charge in [0.25, 0.3) is 5.91 Å². The molecule has 5 rings (SSSR count). The van der Waals surface area contributed by atoms with Gasteiger partial charge in [-0.05, 0) is 94.0 Å². The molecule has 7 nitrogen and oxygen atoms in total. The molecule has 226 valence electrons. The van der Waals surface area contributed by atoms with Gasteiger partial charge in [-0.3, -0.25) is 9.78 Å². The first-order valence-electron chi connectivity index (χ1n) is 14.3. The van der Waals surface area contributed by atoms with Crippen LogP contribution in [0.25, 0.3) is 21.2 Å². The highest BCUT2D eigenvalue weighted by Gasteiger charge is 2.35. The summed E-state index contributed by atoms with van der Waals surface area (Å²) in [6.07, 6.45) is 5.63. The van der Waals surface area contributed by atoms with Crippen molar-refractivity contribution in [2.45, 2.75) is 70.7 Å². The zero-order chi connectivity index (χ0) is 30.9. The third kappa shape index (κ3) is 6.78. The van der Waals surface area contributed by atoms with Gasteiger partial charge in [0.05, 0.1) is 5.02 Å². The van der Waals surface area contributed by atoms with Gasteiger partial charge in [-0.25, -0.2) is 9.18 Å². The van der Waals surface area contributed by atoms with E-state index in [0.717, 1.165) is 11.1 Å². The standard InChI is InChI=1S/C33H35ClFN3O4S/c1-33(2,3)42-32(41)37(4)23-9-11-24(12-10-23)38(31(40)30-29(34)28-25(35)6-5-7-27(28)43-30)19-22-18-21(8-13-26(22)39)20-14-16-36-17-15-20/h5-8,13-18,23-24,39H,9-12,19H2,1-4H3. The molecule has 0 spiro atoms. The van der Waals surface area contributed by atoms with Crippen molar-refractivity contribution in [3.63, 3.8) is 0 Å². The number of aromatic hydroxyl groups is 1. The molecule has 1 saturated carbocycles. The molecular weight excluding hydrogens is 589 g/mol. The summed E-state index contributed by atoms with van der Waals surface area (Å²) in [5, 5.41) is 11.2. The maximum absolute atomic E-state index is 14.7. The van der Waals surface area contributed by atoms with Crippen molar-refractivity contribution in [2.24, 2.45) is 0 Å². The number of halogens is 2. The van der Waals surface area contributed by atoms with Gasteiger partial charge in [-0.15, -0.1) is 11.3 Å². The van der Waals surface area contributed by atoms with E-state index < -0.39 is 11.4 Å². The van der Waals surface area contributed by atoms with E-state index in [4.69, 9.17) is 16.3 Å². The van der Waals surface area contributed by atoms with E-state index in [2.05, 4.69) is 4.98 Å². The van der Waals surface area contributed by atoms with Crippen molar-refractivity contribution in [2.75, 3.05) is 7.05 Å². The van der Waals surface area contributed by atoms with Gasteiger partial charge in [0.2, 0.25) is 0 Å². The Morgan fingerprint density at radius 1 is 1.05 bits per heavy atom. The van der Waals surface area contributed by atoms with E-state index in [-0.39, 0.29) is 51.7 Å². The predicted octanol–water partition coefficient (Wildman–Crippen LogP) is 8.28. The van der Waals surface area contributed by atoms with Crippen LogP contribution in [0.15, 0.2) is 60.9 Å². The van der Waals surface area contributed by atoms with Crippen LogP contribution in [0, 0.1) is 5.82 Å². The van der Waals surface area contributed by atoms with Gasteiger partial charge in [0.15, 0.2) is 0 Å². The van der Waals surface area contributed by atoms with Crippen molar-refractivity contribution >= 4 is 45.0 Å². The minimum absolute atomic E-state index is 0.0338. The number of amides is 2. The Hall–Kier alpha value is -3.69. The van der Waals surface area contributed by atoms with Crippen LogP contribution in [0.3, 0.4) is 0 Å². The number of rotatable bonds is 6. The highest BCUT2D eigenvalue weighted by Crippen LogP contribution is 2.39.